The van der Waals surface area contributed by atoms with Gasteiger partial charge in [0.15, 0.2) is 0 Å². The molecule has 0 radical (unpaired) electrons. The summed E-state index contributed by atoms with van der Waals surface area (Å²) in [4.78, 5) is 2.49. The second-order valence-corrected chi connectivity index (χ2v) is 3.35. The van der Waals surface area contributed by atoms with Crippen molar-refractivity contribution in [3.8, 4) is 0 Å². The zero-order chi connectivity index (χ0) is 8.97. The van der Waals surface area contributed by atoms with Crippen molar-refractivity contribution < 1.29 is 0 Å². The van der Waals surface area contributed by atoms with E-state index in [9.17, 15) is 0 Å². The highest BCUT2D eigenvalue weighted by Gasteiger charge is 2.28. The Morgan fingerprint density at radius 1 is 1.17 bits per heavy atom. The smallest absolute Gasteiger partial charge is 0.0645 e. The fraction of sp³-hybridized carbons (Fsp3) is 1.00. The molecule has 0 spiro atoms. The molecule has 2 saturated heterocycles. The third kappa shape index (κ3) is 2.19. The maximum absolute atomic E-state index is 5.68. The van der Waals surface area contributed by atoms with Gasteiger partial charge < -0.3 is 0 Å². The highest BCUT2D eigenvalue weighted by atomic mass is 15.5. The van der Waals surface area contributed by atoms with Gasteiger partial charge in [-0.1, -0.05) is 13.8 Å². The zero-order valence-electron chi connectivity index (χ0n) is 8.29. The van der Waals surface area contributed by atoms with Gasteiger partial charge in [-0.2, -0.15) is 0 Å². The number of fused-ring (bicyclic) bond motifs is 1. The van der Waals surface area contributed by atoms with Crippen LogP contribution in [0.2, 0.25) is 0 Å². The number of nitrogens with zero attached hydrogens (tertiary/aromatic N) is 2. The van der Waals surface area contributed by atoms with Crippen LogP contribution in [-0.2, 0) is 0 Å². The third-order valence-corrected chi connectivity index (χ3v) is 2.61. The van der Waals surface area contributed by atoms with Gasteiger partial charge in [-0.3, -0.25) is 10.7 Å². The van der Waals surface area contributed by atoms with E-state index in [2.05, 4.69) is 4.90 Å². The minimum absolute atomic E-state index is 0.861. The van der Waals surface area contributed by atoms with Gasteiger partial charge in [-0.15, -0.1) is 0 Å². The summed E-state index contributed by atoms with van der Waals surface area (Å²) < 4.78 is 0. The summed E-state index contributed by atoms with van der Waals surface area (Å²) in [6.45, 7) is 7.34. The van der Waals surface area contributed by atoms with E-state index in [0.717, 1.165) is 19.3 Å². The van der Waals surface area contributed by atoms with Gasteiger partial charge in [0.2, 0.25) is 0 Å². The Labute approximate surface area is 75.5 Å². The van der Waals surface area contributed by atoms with E-state index < -0.39 is 0 Å². The Bertz CT molecular complexity index is 127. The van der Waals surface area contributed by atoms with E-state index >= 15 is 0 Å². The maximum Gasteiger partial charge on any atom is 0.0645 e. The molecule has 0 amide bonds. The average Bonchev–Trinajstić information content (AvgIpc) is 2.54. The quantitative estimate of drug-likeness (QED) is 0.552. The molecule has 1 unspecified atom stereocenters. The molecule has 1 atom stereocenters. The van der Waals surface area contributed by atoms with Crippen LogP contribution in [-0.4, -0.2) is 35.7 Å². The fourth-order valence-corrected chi connectivity index (χ4v) is 2.03. The van der Waals surface area contributed by atoms with E-state index in [1.165, 1.54) is 25.8 Å². The van der Waals surface area contributed by atoms with Crippen molar-refractivity contribution in [1.29, 1.82) is 0 Å². The molecule has 2 N–H and O–H groups in total. The minimum Gasteiger partial charge on any atom is -0.286 e. The molecule has 0 saturated carbocycles. The van der Waals surface area contributed by atoms with Crippen molar-refractivity contribution in [3.63, 3.8) is 0 Å². The monoisotopic (exact) mass is 171 g/mol. The lowest BCUT2D eigenvalue weighted by atomic mass is 10.1. The van der Waals surface area contributed by atoms with Crippen LogP contribution < -0.4 is 5.84 Å². The van der Waals surface area contributed by atoms with Crippen LogP contribution in [0.5, 0.6) is 0 Å². The molecule has 2 aliphatic rings. The zero-order valence-corrected chi connectivity index (χ0v) is 8.29. The Kier molecular flexibility index (Phi) is 3.98. The molecule has 3 nitrogen and oxygen atoms in total. The van der Waals surface area contributed by atoms with Crippen molar-refractivity contribution in [1.82, 2.24) is 9.91 Å². The lowest BCUT2D eigenvalue weighted by Gasteiger charge is -2.34. The summed E-state index contributed by atoms with van der Waals surface area (Å²) in [7, 11) is 0. The van der Waals surface area contributed by atoms with Gasteiger partial charge in [0.25, 0.3) is 0 Å². The average molecular weight is 171 g/mol. The third-order valence-electron chi connectivity index (χ3n) is 2.61. The Morgan fingerprint density at radius 2 is 1.92 bits per heavy atom. The Balaban J connectivity index is 0.000000336. The highest BCUT2D eigenvalue weighted by Crippen LogP contribution is 2.22. The SMILES string of the molecule is CC.NN1CCC2CCCN2C1. The number of hydrazine groups is 1. The molecule has 0 bridgehead atoms. The van der Waals surface area contributed by atoms with Crippen LogP contribution in [0.25, 0.3) is 0 Å². The van der Waals surface area contributed by atoms with Gasteiger partial charge in [0.05, 0.1) is 6.67 Å². The molecule has 2 aliphatic heterocycles. The molecule has 0 aromatic carbocycles. The number of nitrogens with two attached hydrogens (primary N) is 1. The van der Waals surface area contributed by atoms with Crippen LogP contribution >= 0.6 is 0 Å². The summed E-state index contributed by atoms with van der Waals surface area (Å²) in [5.74, 6) is 5.68. The molecular weight excluding hydrogens is 150 g/mol. The lowest BCUT2D eigenvalue weighted by molar-refractivity contribution is 0.0664. The topological polar surface area (TPSA) is 32.5 Å². The summed E-state index contributed by atoms with van der Waals surface area (Å²) in [5, 5.41) is 1.92. The van der Waals surface area contributed by atoms with E-state index in [1.54, 1.807) is 0 Å². The second kappa shape index (κ2) is 4.80. The van der Waals surface area contributed by atoms with Crippen molar-refractivity contribution in [2.45, 2.75) is 39.2 Å². The molecule has 0 aliphatic carbocycles. The summed E-state index contributed by atoms with van der Waals surface area (Å²) in [5.41, 5.74) is 0. The molecule has 0 aromatic rings. The lowest BCUT2D eigenvalue weighted by Crippen LogP contribution is -2.50. The number of hydrogen-bond acceptors (Lipinski definition) is 3. The Morgan fingerprint density at radius 3 is 2.67 bits per heavy atom. The first kappa shape index (κ1) is 9.96. The first-order valence-corrected chi connectivity index (χ1v) is 5.10. The predicted octanol–water partition coefficient (Wildman–Crippen LogP) is 1.01. The summed E-state index contributed by atoms with van der Waals surface area (Å²) >= 11 is 0. The van der Waals surface area contributed by atoms with Gasteiger partial charge in [0.1, 0.15) is 0 Å². The molecule has 2 fully saturated rings. The molecular formula is C9H21N3. The van der Waals surface area contributed by atoms with Crippen LogP contribution in [0, 0.1) is 0 Å². The van der Waals surface area contributed by atoms with E-state index in [4.69, 9.17) is 5.84 Å². The normalized spacial score (nSPS) is 30.8. The maximum atomic E-state index is 5.68. The number of rotatable bonds is 0. The van der Waals surface area contributed by atoms with Gasteiger partial charge in [-0.05, 0) is 25.8 Å². The van der Waals surface area contributed by atoms with E-state index in [1.807, 2.05) is 18.9 Å². The molecule has 72 valence electrons. The molecule has 0 aromatic heterocycles. The van der Waals surface area contributed by atoms with Crippen LogP contribution in [0.1, 0.15) is 33.1 Å². The van der Waals surface area contributed by atoms with Crippen molar-refractivity contribution in [2.24, 2.45) is 5.84 Å². The molecule has 2 heterocycles. The summed E-state index contributed by atoms with van der Waals surface area (Å²) in [6, 6.07) is 0.861. The second-order valence-electron chi connectivity index (χ2n) is 3.35. The van der Waals surface area contributed by atoms with E-state index in [-0.39, 0.29) is 0 Å². The summed E-state index contributed by atoms with van der Waals surface area (Å²) in [6.07, 6.45) is 4.04. The highest BCUT2D eigenvalue weighted by molar-refractivity contribution is 4.82. The van der Waals surface area contributed by atoms with Gasteiger partial charge in [0, 0.05) is 12.6 Å². The van der Waals surface area contributed by atoms with Crippen molar-refractivity contribution >= 4 is 0 Å². The van der Waals surface area contributed by atoms with Gasteiger partial charge >= 0.3 is 0 Å². The fourth-order valence-electron chi connectivity index (χ4n) is 2.03. The first-order chi connectivity index (χ1) is 5.86. The van der Waals surface area contributed by atoms with Gasteiger partial charge in [-0.25, -0.2) is 5.01 Å². The Hall–Kier alpha value is -0.120. The molecule has 12 heavy (non-hydrogen) atoms. The standard InChI is InChI=1S/C7H15N3.C2H6/c8-10-5-3-7-2-1-4-9(7)6-10;1-2/h7H,1-6,8H2;1-2H3. The van der Waals surface area contributed by atoms with Crippen LogP contribution in [0.4, 0.5) is 0 Å². The first-order valence-electron chi connectivity index (χ1n) is 5.10. The van der Waals surface area contributed by atoms with Crippen molar-refractivity contribution in [3.05, 3.63) is 0 Å². The van der Waals surface area contributed by atoms with Crippen molar-refractivity contribution in [2.75, 3.05) is 19.8 Å². The molecule has 2 rings (SSSR count). The van der Waals surface area contributed by atoms with Crippen LogP contribution in [0.15, 0.2) is 0 Å². The molecule has 3 heteroatoms. The predicted molar refractivity (Wildman–Crippen MR) is 51.5 cm³/mol. The van der Waals surface area contributed by atoms with E-state index in [0.29, 0.717) is 0 Å². The number of hydrogen-bond donors (Lipinski definition) is 1. The van der Waals surface area contributed by atoms with Crippen LogP contribution in [0.3, 0.4) is 0 Å². The minimum atomic E-state index is 0.861. The largest absolute Gasteiger partial charge is 0.286 e.